The highest BCUT2D eigenvalue weighted by Gasteiger charge is 2.52. The molecule has 0 aliphatic heterocycles. The zero-order valence-corrected chi connectivity index (χ0v) is 15.2. The highest BCUT2D eigenvalue weighted by molar-refractivity contribution is 7.93. The van der Waals surface area contributed by atoms with Crippen LogP contribution in [0.5, 0.6) is 0 Å². The summed E-state index contributed by atoms with van der Waals surface area (Å²) in [6.45, 7) is 1.23. The van der Waals surface area contributed by atoms with Gasteiger partial charge in [-0.15, -0.1) is 0 Å². The molecule has 0 unspecified atom stereocenters. The summed E-state index contributed by atoms with van der Waals surface area (Å²) in [6, 6.07) is 12.7. The fourth-order valence-electron chi connectivity index (χ4n) is 1.89. The Morgan fingerprint density at radius 1 is 0.962 bits per heavy atom. The predicted molar refractivity (Wildman–Crippen MR) is 92.1 cm³/mol. The number of hydrogen-bond donors (Lipinski definition) is 0. The van der Waals surface area contributed by atoms with E-state index in [1.807, 2.05) is 0 Å². The van der Waals surface area contributed by atoms with Crippen molar-refractivity contribution in [3.63, 3.8) is 0 Å². The van der Waals surface area contributed by atoms with E-state index >= 15 is 0 Å². The van der Waals surface area contributed by atoms with Gasteiger partial charge in [-0.05, 0) is 19.1 Å². The molecule has 10 heteroatoms. The Hall–Kier alpha value is -2.33. The lowest BCUT2D eigenvalue weighted by atomic mass is 10.1. The van der Waals surface area contributed by atoms with Gasteiger partial charge in [0.15, 0.2) is 5.71 Å². The van der Waals surface area contributed by atoms with Gasteiger partial charge < -0.3 is 0 Å². The molecule has 2 rings (SSSR count). The summed E-state index contributed by atoms with van der Waals surface area (Å²) in [6.07, 6.45) is 0. The molecule has 0 heterocycles. The van der Waals surface area contributed by atoms with Crippen LogP contribution < -0.4 is 0 Å². The first-order valence-electron chi connectivity index (χ1n) is 7.34. The van der Waals surface area contributed by atoms with Crippen molar-refractivity contribution in [3.8, 4) is 0 Å². The van der Waals surface area contributed by atoms with E-state index in [0.717, 1.165) is 12.1 Å². The Morgan fingerprint density at radius 3 is 1.96 bits per heavy atom. The Kier molecular flexibility index (Phi) is 5.77. The molecule has 140 valence electrons. The largest absolute Gasteiger partial charge is 0.395 e. The minimum absolute atomic E-state index is 0.289. The lowest BCUT2D eigenvalue weighted by molar-refractivity contribution is 0.164. The molecule has 26 heavy (non-hydrogen) atoms. The quantitative estimate of drug-likeness (QED) is 0.524. The lowest BCUT2D eigenvalue weighted by Crippen LogP contribution is -2.39. The first kappa shape index (κ1) is 20.0. The number of sulfone groups is 1. The molecule has 6 nitrogen and oxygen atoms in total. The molecule has 0 N–H and O–H groups in total. The molecule has 0 radical (unpaired) electrons. The zero-order valence-electron chi connectivity index (χ0n) is 13.5. The summed E-state index contributed by atoms with van der Waals surface area (Å²) < 4.78 is 81.8. The highest BCUT2D eigenvalue weighted by Crippen LogP contribution is 2.33. The van der Waals surface area contributed by atoms with Gasteiger partial charge in [-0.2, -0.15) is 17.2 Å². The molecule has 0 aromatic heterocycles. The second kappa shape index (κ2) is 7.50. The van der Waals surface area contributed by atoms with E-state index < -0.39 is 41.6 Å². The summed E-state index contributed by atoms with van der Waals surface area (Å²) in [5.41, 5.74) is -1.61. The molecule has 0 atom stereocenters. The number of hydrogen-bond acceptors (Lipinski definition) is 6. The minimum atomic E-state index is -5.20. The van der Waals surface area contributed by atoms with E-state index in [9.17, 15) is 25.6 Å². The Labute approximate surface area is 150 Å². The SMILES string of the molecule is CCS(=O)(=O)ON=C(c1ccccc1)C(F)(F)S(=O)(=O)c1ccccc1. The molecular weight excluding hydrogens is 388 g/mol. The lowest BCUT2D eigenvalue weighted by Gasteiger charge is -2.19. The number of benzene rings is 2. The third-order valence-electron chi connectivity index (χ3n) is 3.31. The molecule has 0 aliphatic carbocycles. The van der Waals surface area contributed by atoms with Gasteiger partial charge >= 0.3 is 15.4 Å². The first-order chi connectivity index (χ1) is 12.1. The molecule has 0 fully saturated rings. The third-order valence-corrected chi connectivity index (χ3v) is 6.08. The summed E-state index contributed by atoms with van der Waals surface area (Å²) in [7, 11) is -9.41. The molecule has 0 saturated carbocycles. The topological polar surface area (TPSA) is 89.9 Å². The fraction of sp³-hybridized carbons (Fsp3) is 0.188. The zero-order chi connectivity index (χ0) is 19.4. The smallest absolute Gasteiger partial charge is 0.268 e. The van der Waals surface area contributed by atoms with Crippen molar-refractivity contribution >= 4 is 25.7 Å². The normalized spacial score (nSPS) is 13.4. The van der Waals surface area contributed by atoms with E-state index in [4.69, 9.17) is 0 Å². The van der Waals surface area contributed by atoms with Crippen LogP contribution in [0.1, 0.15) is 12.5 Å². The van der Waals surface area contributed by atoms with Crippen LogP contribution in [-0.4, -0.2) is 33.6 Å². The Morgan fingerprint density at radius 2 is 1.46 bits per heavy atom. The van der Waals surface area contributed by atoms with E-state index in [-0.39, 0.29) is 5.56 Å². The van der Waals surface area contributed by atoms with Crippen LogP contribution in [0.2, 0.25) is 0 Å². The van der Waals surface area contributed by atoms with Crippen molar-refractivity contribution in [1.29, 1.82) is 0 Å². The highest BCUT2D eigenvalue weighted by atomic mass is 32.2. The van der Waals surface area contributed by atoms with Crippen molar-refractivity contribution in [2.75, 3.05) is 5.75 Å². The molecule has 2 aromatic rings. The van der Waals surface area contributed by atoms with Crippen molar-refractivity contribution in [3.05, 3.63) is 66.2 Å². The van der Waals surface area contributed by atoms with Crippen molar-refractivity contribution < 1.29 is 29.9 Å². The number of halogens is 2. The summed E-state index contributed by atoms with van der Waals surface area (Å²) >= 11 is 0. The molecule has 0 bridgehead atoms. The third kappa shape index (κ3) is 4.07. The van der Waals surface area contributed by atoms with E-state index in [0.29, 0.717) is 0 Å². The maximum atomic E-state index is 14.9. The Balaban J connectivity index is 2.62. The van der Waals surface area contributed by atoms with Gasteiger partial charge in [0.2, 0.25) is 9.84 Å². The first-order valence-corrected chi connectivity index (χ1v) is 10.4. The second-order valence-corrected chi connectivity index (χ2v) is 8.89. The van der Waals surface area contributed by atoms with Gasteiger partial charge in [0, 0.05) is 5.56 Å². The summed E-state index contributed by atoms with van der Waals surface area (Å²) in [5, 5.41) is -1.53. The van der Waals surface area contributed by atoms with Gasteiger partial charge in [-0.25, -0.2) is 8.42 Å². The van der Waals surface area contributed by atoms with E-state index in [2.05, 4.69) is 9.44 Å². The van der Waals surface area contributed by atoms with Gasteiger partial charge in [0.05, 0.1) is 10.6 Å². The van der Waals surface area contributed by atoms with E-state index in [1.165, 1.54) is 55.5 Å². The van der Waals surface area contributed by atoms with Crippen molar-refractivity contribution in [2.24, 2.45) is 5.16 Å². The van der Waals surface area contributed by atoms with Crippen LogP contribution >= 0.6 is 0 Å². The van der Waals surface area contributed by atoms with Crippen molar-refractivity contribution in [2.45, 2.75) is 17.1 Å². The van der Waals surface area contributed by atoms with Crippen LogP contribution in [0.25, 0.3) is 0 Å². The summed E-state index contributed by atoms with van der Waals surface area (Å²) in [5.74, 6) is -0.518. The molecule has 0 saturated heterocycles. The van der Waals surface area contributed by atoms with Gasteiger partial charge in [-0.1, -0.05) is 53.7 Å². The average molecular weight is 403 g/mol. The fourth-order valence-corrected chi connectivity index (χ4v) is 3.41. The van der Waals surface area contributed by atoms with Crippen LogP contribution in [0.4, 0.5) is 8.78 Å². The molecular formula is C16H15F2NO5S2. The average Bonchev–Trinajstić information content (AvgIpc) is 2.63. The van der Waals surface area contributed by atoms with Crippen LogP contribution in [-0.2, 0) is 24.2 Å². The van der Waals surface area contributed by atoms with Crippen LogP contribution in [0, 0.1) is 0 Å². The summed E-state index contributed by atoms with van der Waals surface area (Å²) in [4.78, 5) is -0.632. The standard InChI is InChI=1S/C16H15F2NO5S2/c1-2-25(20,21)24-19-15(13-9-5-3-6-10-13)16(17,18)26(22,23)14-11-7-4-8-12-14/h3-12H,2H2,1H3. The molecule has 2 aromatic carbocycles. The van der Waals surface area contributed by atoms with Crippen LogP contribution in [0.15, 0.2) is 70.7 Å². The minimum Gasteiger partial charge on any atom is -0.268 e. The number of alkyl halides is 2. The van der Waals surface area contributed by atoms with Crippen LogP contribution in [0.3, 0.4) is 0 Å². The second-order valence-electron chi connectivity index (χ2n) is 5.06. The maximum Gasteiger partial charge on any atom is 0.395 e. The van der Waals surface area contributed by atoms with Crippen molar-refractivity contribution in [1.82, 2.24) is 0 Å². The number of oxime groups is 1. The Bertz CT molecular complexity index is 989. The van der Waals surface area contributed by atoms with E-state index in [1.54, 1.807) is 0 Å². The number of rotatable bonds is 7. The predicted octanol–water partition coefficient (Wildman–Crippen LogP) is 2.82. The molecule has 0 spiro atoms. The maximum absolute atomic E-state index is 14.9. The van der Waals surface area contributed by atoms with Gasteiger partial charge in [-0.3, -0.25) is 4.28 Å². The monoisotopic (exact) mass is 403 g/mol. The molecule has 0 aliphatic rings. The number of nitrogens with zero attached hydrogens (tertiary/aromatic N) is 1. The molecule has 0 amide bonds. The van der Waals surface area contributed by atoms with Gasteiger partial charge in [0.1, 0.15) is 0 Å². The van der Waals surface area contributed by atoms with Gasteiger partial charge in [0.25, 0.3) is 0 Å².